The lowest BCUT2D eigenvalue weighted by atomic mass is 10.2. The number of carbonyl (C=O) groups excluding carboxylic acids is 1. The molecule has 0 bridgehead atoms. The second kappa shape index (κ2) is 5.49. The Morgan fingerprint density at radius 1 is 1.53 bits per heavy atom. The number of thioether (sulfide) groups is 1. The van der Waals surface area contributed by atoms with E-state index in [1.165, 1.54) is 17.8 Å². The van der Waals surface area contributed by atoms with E-state index < -0.39 is 0 Å². The maximum atomic E-state index is 11.3. The van der Waals surface area contributed by atoms with Gasteiger partial charge in [-0.05, 0) is 18.4 Å². The predicted octanol–water partition coefficient (Wildman–Crippen LogP) is 2.88. The van der Waals surface area contributed by atoms with Crippen molar-refractivity contribution in [2.24, 2.45) is 0 Å². The summed E-state index contributed by atoms with van der Waals surface area (Å²) in [6, 6.07) is 3.08. The Balaban J connectivity index is 2.90. The molecular weight excluding hydrogens is 255 g/mol. The number of halogens is 2. The van der Waals surface area contributed by atoms with Crippen LogP contribution in [-0.4, -0.2) is 17.9 Å². The molecule has 0 atom stereocenters. The average molecular weight is 265 g/mol. The van der Waals surface area contributed by atoms with Gasteiger partial charge in [0.15, 0.2) is 0 Å². The van der Waals surface area contributed by atoms with E-state index in [9.17, 15) is 4.79 Å². The number of nitrogen functional groups attached to an aromatic ring is 1. The fraction of sp³-hybridized carbons (Fsp3) is 0.222. The minimum absolute atomic E-state index is 0.140. The first-order valence-corrected chi connectivity index (χ1v) is 6.23. The number of benzene rings is 1. The number of anilines is 2. The summed E-state index contributed by atoms with van der Waals surface area (Å²) in [5.41, 5.74) is 6.46. The van der Waals surface area contributed by atoms with Gasteiger partial charge in [0.2, 0.25) is 5.91 Å². The molecule has 0 radical (unpaired) electrons. The van der Waals surface area contributed by atoms with Gasteiger partial charge in [-0.25, -0.2) is 0 Å². The Hall–Kier alpha value is -0.580. The van der Waals surface area contributed by atoms with Crippen molar-refractivity contribution in [2.75, 3.05) is 23.1 Å². The fourth-order valence-corrected chi connectivity index (χ4v) is 1.92. The Morgan fingerprint density at radius 2 is 2.20 bits per heavy atom. The highest BCUT2D eigenvalue weighted by atomic mass is 35.5. The molecule has 6 heteroatoms. The fourth-order valence-electron chi connectivity index (χ4n) is 1.03. The Kier molecular flexibility index (Phi) is 4.57. The van der Waals surface area contributed by atoms with Gasteiger partial charge < -0.3 is 11.1 Å². The molecule has 0 saturated heterocycles. The first-order valence-electron chi connectivity index (χ1n) is 4.08. The van der Waals surface area contributed by atoms with Gasteiger partial charge in [-0.2, -0.15) is 11.8 Å². The van der Waals surface area contributed by atoms with Gasteiger partial charge in [-0.1, -0.05) is 23.2 Å². The standard InChI is InChI=1S/C9H10Cl2N2OS/c1-15-4-8(14)13-9-6(11)2-5(10)3-7(9)12/h2-3H,4,12H2,1H3,(H,13,14). The van der Waals surface area contributed by atoms with Crippen LogP contribution >= 0.6 is 35.0 Å². The second-order valence-corrected chi connectivity index (χ2v) is 4.54. The molecule has 1 rings (SSSR count). The molecule has 0 unspecified atom stereocenters. The summed E-state index contributed by atoms with van der Waals surface area (Å²) in [7, 11) is 0. The number of amides is 1. The monoisotopic (exact) mass is 264 g/mol. The van der Waals surface area contributed by atoms with Crippen molar-refractivity contribution in [1.82, 2.24) is 0 Å². The second-order valence-electron chi connectivity index (χ2n) is 2.83. The number of hydrogen-bond donors (Lipinski definition) is 2. The molecule has 1 aromatic rings. The lowest BCUT2D eigenvalue weighted by Gasteiger charge is -2.09. The molecule has 0 heterocycles. The van der Waals surface area contributed by atoms with Crippen LogP contribution < -0.4 is 11.1 Å². The number of nitrogens with one attached hydrogen (secondary N) is 1. The summed E-state index contributed by atoms with van der Waals surface area (Å²) in [5, 5.41) is 3.42. The SMILES string of the molecule is CSCC(=O)Nc1c(N)cc(Cl)cc1Cl. The summed E-state index contributed by atoms with van der Waals surface area (Å²) in [6.07, 6.45) is 1.84. The van der Waals surface area contributed by atoms with Crippen molar-refractivity contribution in [3.05, 3.63) is 22.2 Å². The lowest BCUT2D eigenvalue weighted by molar-refractivity contribution is -0.113. The molecule has 82 valence electrons. The maximum Gasteiger partial charge on any atom is 0.234 e. The Labute approximate surface area is 102 Å². The summed E-state index contributed by atoms with van der Waals surface area (Å²) >= 11 is 13.1. The zero-order valence-electron chi connectivity index (χ0n) is 8.01. The molecule has 15 heavy (non-hydrogen) atoms. The van der Waals surface area contributed by atoms with Gasteiger partial charge >= 0.3 is 0 Å². The minimum atomic E-state index is -0.140. The molecule has 3 N–H and O–H groups in total. The van der Waals surface area contributed by atoms with Crippen molar-refractivity contribution in [1.29, 1.82) is 0 Å². The number of hydrogen-bond acceptors (Lipinski definition) is 3. The molecule has 1 aromatic carbocycles. The lowest BCUT2D eigenvalue weighted by Crippen LogP contribution is -2.15. The van der Waals surface area contributed by atoms with Crippen LogP contribution in [-0.2, 0) is 4.79 Å². The maximum absolute atomic E-state index is 11.3. The summed E-state index contributed by atoms with van der Waals surface area (Å²) in [6.45, 7) is 0. The van der Waals surface area contributed by atoms with E-state index in [2.05, 4.69) is 5.32 Å². The third-order valence-corrected chi connectivity index (χ3v) is 2.69. The zero-order chi connectivity index (χ0) is 11.4. The highest BCUT2D eigenvalue weighted by Gasteiger charge is 2.09. The molecule has 0 aliphatic carbocycles. The van der Waals surface area contributed by atoms with Crippen LogP contribution in [0.2, 0.25) is 10.0 Å². The van der Waals surface area contributed by atoms with Crippen LogP contribution in [0.3, 0.4) is 0 Å². The molecular formula is C9H10Cl2N2OS. The van der Waals surface area contributed by atoms with E-state index in [1.807, 2.05) is 6.26 Å². The highest BCUT2D eigenvalue weighted by molar-refractivity contribution is 7.99. The van der Waals surface area contributed by atoms with Crippen LogP contribution in [0, 0.1) is 0 Å². The molecule has 1 amide bonds. The van der Waals surface area contributed by atoms with Crippen LogP contribution in [0.25, 0.3) is 0 Å². The van der Waals surface area contributed by atoms with Crippen LogP contribution in [0.15, 0.2) is 12.1 Å². The van der Waals surface area contributed by atoms with Crippen molar-refractivity contribution >= 4 is 52.2 Å². The van der Waals surface area contributed by atoms with Crippen molar-refractivity contribution in [3.8, 4) is 0 Å². The number of nitrogens with two attached hydrogens (primary N) is 1. The van der Waals surface area contributed by atoms with Gasteiger partial charge in [0.05, 0.1) is 22.2 Å². The summed E-state index contributed by atoms with van der Waals surface area (Å²) < 4.78 is 0. The van der Waals surface area contributed by atoms with E-state index in [0.717, 1.165) is 0 Å². The van der Waals surface area contributed by atoms with Crippen molar-refractivity contribution in [3.63, 3.8) is 0 Å². The van der Waals surface area contributed by atoms with Gasteiger partial charge in [-0.3, -0.25) is 4.79 Å². The van der Waals surface area contributed by atoms with Crippen molar-refractivity contribution in [2.45, 2.75) is 0 Å². The van der Waals surface area contributed by atoms with Gasteiger partial charge in [0.1, 0.15) is 0 Å². The predicted molar refractivity (Wildman–Crippen MR) is 67.9 cm³/mol. The quantitative estimate of drug-likeness (QED) is 0.826. The minimum Gasteiger partial charge on any atom is -0.397 e. The molecule has 0 fully saturated rings. The van der Waals surface area contributed by atoms with Gasteiger partial charge in [0.25, 0.3) is 0 Å². The summed E-state index contributed by atoms with van der Waals surface area (Å²) in [5.74, 6) is 0.219. The highest BCUT2D eigenvalue weighted by Crippen LogP contribution is 2.31. The molecule has 0 aromatic heterocycles. The van der Waals surface area contributed by atoms with Crippen LogP contribution in [0.5, 0.6) is 0 Å². The van der Waals surface area contributed by atoms with Gasteiger partial charge in [-0.15, -0.1) is 0 Å². The summed E-state index contributed by atoms with van der Waals surface area (Å²) in [4.78, 5) is 11.3. The van der Waals surface area contributed by atoms with Gasteiger partial charge in [0, 0.05) is 5.02 Å². The largest absolute Gasteiger partial charge is 0.397 e. The third-order valence-electron chi connectivity index (χ3n) is 1.63. The third kappa shape index (κ3) is 3.48. The van der Waals surface area contributed by atoms with E-state index >= 15 is 0 Å². The molecule has 0 spiro atoms. The van der Waals surface area contributed by atoms with E-state index in [0.29, 0.717) is 27.2 Å². The number of rotatable bonds is 3. The molecule has 0 aliphatic rings. The van der Waals surface area contributed by atoms with E-state index in [1.54, 1.807) is 6.07 Å². The zero-order valence-corrected chi connectivity index (χ0v) is 10.3. The van der Waals surface area contributed by atoms with E-state index in [4.69, 9.17) is 28.9 Å². The van der Waals surface area contributed by atoms with Crippen molar-refractivity contribution < 1.29 is 4.79 Å². The Morgan fingerprint density at radius 3 is 2.73 bits per heavy atom. The van der Waals surface area contributed by atoms with Crippen LogP contribution in [0.4, 0.5) is 11.4 Å². The molecule has 0 aliphatic heterocycles. The topological polar surface area (TPSA) is 55.1 Å². The van der Waals surface area contributed by atoms with E-state index in [-0.39, 0.29) is 5.91 Å². The number of carbonyl (C=O) groups is 1. The average Bonchev–Trinajstić information content (AvgIpc) is 2.11. The first-order chi connectivity index (χ1) is 7.04. The molecule has 3 nitrogen and oxygen atoms in total. The molecule has 0 saturated carbocycles. The first kappa shape index (κ1) is 12.5. The normalized spacial score (nSPS) is 10.1. The van der Waals surface area contributed by atoms with Crippen LogP contribution in [0.1, 0.15) is 0 Å². The Bertz CT molecular complexity index is 361. The smallest absolute Gasteiger partial charge is 0.234 e.